The molecule has 0 N–H and O–H groups in total. The number of aromatic nitrogens is 5. The third kappa shape index (κ3) is 6.59. The molecule has 0 unspecified atom stereocenters. The van der Waals surface area contributed by atoms with Crippen LogP contribution in [0.4, 0.5) is 0 Å². The molecule has 0 fully saturated rings. The van der Waals surface area contributed by atoms with Crippen molar-refractivity contribution in [2.45, 2.75) is 0 Å². The van der Waals surface area contributed by atoms with E-state index in [0.29, 0.717) is 17.5 Å². The summed E-state index contributed by atoms with van der Waals surface area (Å²) in [6.45, 7) is 0. The first-order chi connectivity index (χ1) is 27.7. The standard InChI is InChI=1S/C51H33N5/c1-3-12-38-29-42(24-20-34(38)10-1)49-54-50(43-25-21-35-11-2-4-13-39(35)30-43)56-51(55-49)46-32-44(36-18-22-37(23-19-36)47-16-5-7-26-52-47)31-45(33-46)40-14-9-15-41(28-40)48-17-6-8-27-53-48/h1-33H. The lowest BCUT2D eigenvalue weighted by Crippen LogP contribution is -2.01. The maximum absolute atomic E-state index is 5.22. The highest BCUT2D eigenvalue weighted by Crippen LogP contribution is 2.36. The van der Waals surface area contributed by atoms with Crippen molar-refractivity contribution in [2.24, 2.45) is 0 Å². The highest BCUT2D eigenvalue weighted by Gasteiger charge is 2.16. The van der Waals surface area contributed by atoms with Crippen LogP contribution in [0.5, 0.6) is 0 Å². The monoisotopic (exact) mass is 715 g/mol. The van der Waals surface area contributed by atoms with E-state index in [9.17, 15) is 0 Å². The second kappa shape index (κ2) is 14.3. The van der Waals surface area contributed by atoms with Gasteiger partial charge in [-0.25, -0.2) is 15.0 Å². The Morgan fingerprint density at radius 1 is 0.232 bits per heavy atom. The molecule has 7 aromatic carbocycles. The van der Waals surface area contributed by atoms with Gasteiger partial charge in [-0.15, -0.1) is 0 Å². The molecule has 5 nitrogen and oxygen atoms in total. The quantitative estimate of drug-likeness (QED) is 0.164. The third-order valence-electron chi connectivity index (χ3n) is 10.2. The van der Waals surface area contributed by atoms with Gasteiger partial charge < -0.3 is 0 Å². The smallest absolute Gasteiger partial charge is 0.164 e. The lowest BCUT2D eigenvalue weighted by atomic mass is 9.94. The maximum atomic E-state index is 5.22. The molecule has 0 amide bonds. The molecule has 0 spiro atoms. The van der Waals surface area contributed by atoms with Crippen LogP contribution in [0.2, 0.25) is 0 Å². The summed E-state index contributed by atoms with van der Waals surface area (Å²) in [6.07, 6.45) is 3.65. The van der Waals surface area contributed by atoms with Crippen LogP contribution in [0.3, 0.4) is 0 Å². The highest BCUT2D eigenvalue weighted by atomic mass is 15.0. The van der Waals surface area contributed by atoms with E-state index < -0.39 is 0 Å². The van der Waals surface area contributed by atoms with Crippen molar-refractivity contribution in [3.63, 3.8) is 0 Å². The molecule has 0 atom stereocenters. The fraction of sp³-hybridized carbons (Fsp3) is 0. The Morgan fingerprint density at radius 3 is 1.23 bits per heavy atom. The van der Waals surface area contributed by atoms with Gasteiger partial charge in [0.25, 0.3) is 0 Å². The number of hydrogen-bond acceptors (Lipinski definition) is 5. The molecular formula is C51H33N5. The molecule has 0 saturated heterocycles. The molecule has 0 radical (unpaired) electrons. The Balaban J connectivity index is 1.17. The predicted octanol–water partition coefficient (Wildman–Crippen LogP) is 12.6. The van der Waals surface area contributed by atoms with Gasteiger partial charge in [-0.3, -0.25) is 9.97 Å². The Bertz CT molecular complexity index is 2920. The summed E-state index contributed by atoms with van der Waals surface area (Å²) in [7, 11) is 0. The molecule has 10 aromatic rings. The lowest BCUT2D eigenvalue weighted by Gasteiger charge is -2.14. The van der Waals surface area contributed by atoms with Gasteiger partial charge in [0.15, 0.2) is 17.5 Å². The number of hydrogen-bond donors (Lipinski definition) is 0. The molecule has 3 aromatic heterocycles. The summed E-state index contributed by atoms with van der Waals surface area (Å²) in [5.74, 6) is 1.83. The van der Waals surface area contributed by atoms with Gasteiger partial charge in [0, 0.05) is 40.2 Å². The van der Waals surface area contributed by atoms with Gasteiger partial charge in [0.1, 0.15) is 0 Å². The van der Waals surface area contributed by atoms with Crippen molar-refractivity contribution < 1.29 is 0 Å². The molecule has 0 saturated carbocycles. The highest BCUT2D eigenvalue weighted by molar-refractivity contribution is 5.89. The second-order valence-electron chi connectivity index (χ2n) is 13.8. The van der Waals surface area contributed by atoms with Crippen LogP contribution in [-0.2, 0) is 0 Å². The van der Waals surface area contributed by atoms with Crippen LogP contribution in [0.25, 0.3) is 100 Å². The van der Waals surface area contributed by atoms with Crippen molar-refractivity contribution in [2.75, 3.05) is 0 Å². The number of fused-ring (bicyclic) bond motifs is 2. The van der Waals surface area contributed by atoms with E-state index in [1.807, 2.05) is 48.8 Å². The lowest BCUT2D eigenvalue weighted by molar-refractivity contribution is 1.08. The van der Waals surface area contributed by atoms with Gasteiger partial charge >= 0.3 is 0 Å². The fourth-order valence-corrected chi connectivity index (χ4v) is 7.27. The first-order valence-corrected chi connectivity index (χ1v) is 18.6. The Hall–Kier alpha value is -7.63. The molecule has 0 aliphatic heterocycles. The fourth-order valence-electron chi connectivity index (χ4n) is 7.27. The van der Waals surface area contributed by atoms with Crippen LogP contribution in [0.15, 0.2) is 200 Å². The number of benzene rings is 7. The molecule has 0 aliphatic carbocycles. The molecular weight excluding hydrogens is 683 g/mol. The number of nitrogens with zero attached hydrogens (tertiary/aromatic N) is 5. The normalized spacial score (nSPS) is 11.2. The maximum Gasteiger partial charge on any atom is 0.164 e. The molecule has 5 heteroatoms. The van der Waals surface area contributed by atoms with Gasteiger partial charge in [-0.1, -0.05) is 127 Å². The predicted molar refractivity (Wildman–Crippen MR) is 228 cm³/mol. The number of pyridine rings is 2. The summed E-state index contributed by atoms with van der Waals surface area (Å²) >= 11 is 0. The molecule has 10 rings (SSSR count). The molecule has 0 aliphatic rings. The molecule has 262 valence electrons. The topological polar surface area (TPSA) is 64.5 Å². The van der Waals surface area contributed by atoms with E-state index in [0.717, 1.165) is 72.2 Å². The van der Waals surface area contributed by atoms with E-state index in [1.165, 1.54) is 10.8 Å². The summed E-state index contributed by atoms with van der Waals surface area (Å²) in [5, 5.41) is 4.59. The Labute approximate surface area is 324 Å². The summed E-state index contributed by atoms with van der Waals surface area (Å²) < 4.78 is 0. The van der Waals surface area contributed by atoms with Crippen molar-refractivity contribution >= 4 is 21.5 Å². The average molecular weight is 716 g/mol. The minimum atomic E-state index is 0.598. The van der Waals surface area contributed by atoms with E-state index in [1.54, 1.807) is 0 Å². The van der Waals surface area contributed by atoms with E-state index in [2.05, 4.69) is 162 Å². The minimum Gasteiger partial charge on any atom is -0.256 e. The van der Waals surface area contributed by atoms with Crippen molar-refractivity contribution in [3.05, 3.63) is 200 Å². The SMILES string of the molecule is c1ccc(-c2ccc(-c3cc(-c4cccc(-c5ccccn5)c4)cc(-c4nc(-c5ccc6ccccc6c5)nc(-c5ccc6ccccc6c5)n4)c3)cc2)nc1. The average Bonchev–Trinajstić information content (AvgIpc) is 3.29. The zero-order chi connectivity index (χ0) is 37.3. The molecule has 56 heavy (non-hydrogen) atoms. The molecule has 0 bridgehead atoms. The van der Waals surface area contributed by atoms with Gasteiger partial charge in [0.05, 0.1) is 11.4 Å². The minimum absolute atomic E-state index is 0.598. The number of rotatable bonds is 7. The Kier molecular flexibility index (Phi) is 8.43. The van der Waals surface area contributed by atoms with E-state index in [4.69, 9.17) is 15.0 Å². The summed E-state index contributed by atoms with van der Waals surface area (Å²) in [6, 6.07) is 65.2. The van der Waals surface area contributed by atoms with Gasteiger partial charge in [0.2, 0.25) is 0 Å². The summed E-state index contributed by atoms with van der Waals surface area (Å²) in [5.41, 5.74) is 11.0. The van der Waals surface area contributed by atoms with Gasteiger partial charge in [-0.2, -0.15) is 0 Å². The zero-order valence-electron chi connectivity index (χ0n) is 30.3. The van der Waals surface area contributed by atoms with Crippen molar-refractivity contribution in [1.82, 2.24) is 24.9 Å². The van der Waals surface area contributed by atoms with Crippen LogP contribution in [0, 0.1) is 0 Å². The van der Waals surface area contributed by atoms with Crippen LogP contribution >= 0.6 is 0 Å². The first kappa shape index (κ1) is 33.0. The second-order valence-corrected chi connectivity index (χ2v) is 13.8. The molecule has 3 heterocycles. The van der Waals surface area contributed by atoms with Gasteiger partial charge in [-0.05, 0) is 104 Å². The van der Waals surface area contributed by atoms with Crippen molar-refractivity contribution in [3.8, 4) is 78.9 Å². The zero-order valence-corrected chi connectivity index (χ0v) is 30.3. The largest absolute Gasteiger partial charge is 0.256 e. The third-order valence-corrected chi connectivity index (χ3v) is 10.2. The van der Waals surface area contributed by atoms with Crippen LogP contribution in [-0.4, -0.2) is 24.9 Å². The summed E-state index contributed by atoms with van der Waals surface area (Å²) in [4.78, 5) is 24.8. The van der Waals surface area contributed by atoms with Crippen molar-refractivity contribution in [1.29, 1.82) is 0 Å². The first-order valence-electron chi connectivity index (χ1n) is 18.6. The van der Waals surface area contributed by atoms with E-state index >= 15 is 0 Å². The van der Waals surface area contributed by atoms with Crippen LogP contribution < -0.4 is 0 Å². The van der Waals surface area contributed by atoms with E-state index in [-0.39, 0.29) is 0 Å². The Morgan fingerprint density at radius 2 is 0.661 bits per heavy atom. The van der Waals surface area contributed by atoms with Crippen LogP contribution in [0.1, 0.15) is 0 Å².